The van der Waals surface area contributed by atoms with Crippen LogP contribution < -0.4 is 14.8 Å². The number of carbonyl (C=O) groups excluding carboxylic acids is 2. The van der Waals surface area contributed by atoms with Crippen molar-refractivity contribution in [2.24, 2.45) is 5.92 Å². The molecule has 0 aromatic heterocycles. The van der Waals surface area contributed by atoms with Crippen LogP contribution >= 0.6 is 0 Å². The predicted octanol–water partition coefficient (Wildman–Crippen LogP) is 8.00. The second-order valence-corrected chi connectivity index (χ2v) is 10.1. The lowest BCUT2D eigenvalue weighted by atomic mass is 10.0. The Kier molecular flexibility index (Phi) is 17.9. The van der Waals surface area contributed by atoms with Crippen LogP contribution in [0.25, 0.3) is 0 Å². The Morgan fingerprint density at radius 1 is 0.714 bits per heavy atom. The molecule has 1 aromatic rings. The van der Waals surface area contributed by atoms with Crippen molar-refractivity contribution in [2.45, 2.75) is 130 Å². The van der Waals surface area contributed by atoms with Crippen molar-refractivity contribution >= 4 is 11.9 Å². The molecule has 5 heteroatoms. The molecule has 35 heavy (non-hydrogen) atoms. The van der Waals surface area contributed by atoms with E-state index in [-0.39, 0.29) is 11.8 Å². The summed E-state index contributed by atoms with van der Waals surface area (Å²) in [7, 11) is 1.59. The molecule has 0 saturated carbocycles. The minimum Gasteiger partial charge on any atom is -0.497 e. The van der Waals surface area contributed by atoms with Crippen LogP contribution in [0.15, 0.2) is 24.3 Å². The van der Waals surface area contributed by atoms with E-state index in [4.69, 9.17) is 9.47 Å². The number of methoxy groups -OCH3 is 1. The minimum absolute atomic E-state index is 0.0502. The topological polar surface area (TPSA) is 64.6 Å². The molecular weight excluding hydrogens is 438 g/mol. The Bertz CT molecular complexity index is 671. The molecule has 0 saturated heterocycles. The first-order valence-corrected chi connectivity index (χ1v) is 14.1. The molecule has 200 valence electrons. The first-order chi connectivity index (χ1) is 17.0. The van der Waals surface area contributed by atoms with E-state index in [1.165, 1.54) is 83.5 Å². The zero-order valence-electron chi connectivity index (χ0n) is 22.9. The van der Waals surface area contributed by atoms with Crippen LogP contribution in [0, 0.1) is 5.92 Å². The van der Waals surface area contributed by atoms with Gasteiger partial charge < -0.3 is 14.8 Å². The molecule has 1 rings (SSSR count). The molecule has 0 heterocycles. The molecule has 1 aromatic carbocycles. The van der Waals surface area contributed by atoms with Crippen LogP contribution in [-0.2, 0) is 9.59 Å². The largest absolute Gasteiger partial charge is 0.497 e. The van der Waals surface area contributed by atoms with E-state index in [1.807, 2.05) is 13.8 Å². The van der Waals surface area contributed by atoms with Crippen molar-refractivity contribution < 1.29 is 19.1 Å². The van der Waals surface area contributed by atoms with Gasteiger partial charge in [0.25, 0.3) is 0 Å². The standard InChI is InChI=1S/C30H51NO4/c1-5-6-7-8-9-10-11-12-13-14-15-16-17-18-19-20-28(32)31-29(25(2)3)30(33)35-27-23-21-26(34-4)22-24-27/h21-25,29H,5-20H2,1-4H3,(H,31,32)/t29-/m0/s1. The molecular formula is C30H51NO4. The Hall–Kier alpha value is -2.04. The first-order valence-electron chi connectivity index (χ1n) is 14.1. The minimum atomic E-state index is -0.652. The van der Waals surface area contributed by atoms with Gasteiger partial charge in [0.1, 0.15) is 17.5 Å². The van der Waals surface area contributed by atoms with Crippen molar-refractivity contribution in [1.29, 1.82) is 0 Å². The summed E-state index contributed by atoms with van der Waals surface area (Å²) < 4.78 is 10.6. The molecule has 0 spiro atoms. The van der Waals surface area contributed by atoms with Gasteiger partial charge in [0.05, 0.1) is 7.11 Å². The van der Waals surface area contributed by atoms with Crippen molar-refractivity contribution in [3.63, 3.8) is 0 Å². The van der Waals surface area contributed by atoms with Crippen molar-refractivity contribution in [2.75, 3.05) is 7.11 Å². The van der Waals surface area contributed by atoms with Gasteiger partial charge >= 0.3 is 5.97 Å². The lowest BCUT2D eigenvalue weighted by molar-refractivity contribution is -0.140. The smallest absolute Gasteiger partial charge is 0.334 e. The van der Waals surface area contributed by atoms with Gasteiger partial charge in [0, 0.05) is 6.42 Å². The molecule has 5 nitrogen and oxygen atoms in total. The number of esters is 1. The third-order valence-electron chi connectivity index (χ3n) is 6.52. The first kappa shape index (κ1) is 31.0. The molecule has 0 bridgehead atoms. The maximum absolute atomic E-state index is 12.6. The zero-order valence-corrected chi connectivity index (χ0v) is 22.9. The lowest BCUT2D eigenvalue weighted by Crippen LogP contribution is -2.46. The summed E-state index contributed by atoms with van der Waals surface area (Å²) in [4.78, 5) is 25.0. The highest BCUT2D eigenvalue weighted by molar-refractivity contribution is 5.85. The zero-order chi connectivity index (χ0) is 25.7. The number of ether oxygens (including phenoxy) is 2. The van der Waals surface area contributed by atoms with E-state index in [9.17, 15) is 9.59 Å². The van der Waals surface area contributed by atoms with E-state index in [1.54, 1.807) is 31.4 Å². The number of nitrogens with one attached hydrogen (secondary N) is 1. The number of hydrogen-bond donors (Lipinski definition) is 1. The summed E-state index contributed by atoms with van der Waals surface area (Å²) in [6.07, 6.45) is 19.9. The van der Waals surface area contributed by atoms with Gasteiger partial charge in [0.15, 0.2) is 0 Å². The second-order valence-electron chi connectivity index (χ2n) is 10.1. The maximum Gasteiger partial charge on any atom is 0.334 e. The quantitative estimate of drug-likeness (QED) is 0.108. The van der Waals surface area contributed by atoms with Crippen LogP contribution in [0.3, 0.4) is 0 Å². The normalized spacial score (nSPS) is 11.9. The van der Waals surface area contributed by atoms with E-state index < -0.39 is 12.0 Å². The number of unbranched alkanes of at least 4 members (excludes halogenated alkanes) is 14. The highest BCUT2D eigenvalue weighted by atomic mass is 16.5. The molecule has 0 aliphatic carbocycles. The summed E-state index contributed by atoms with van der Waals surface area (Å²) in [5.41, 5.74) is 0. The van der Waals surface area contributed by atoms with Gasteiger partial charge in [-0.25, -0.2) is 4.79 Å². The average Bonchev–Trinajstić information content (AvgIpc) is 2.85. The number of benzene rings is 1. The summed E-state index contributed by atoms with van der Waals surface area (Å²) in [5.74, 6) is 0.575. The van der Waals surface area contributed by atoms with Crippen molar-refractivity contribution in [3.05, 3.63) is 24.3 Å². The van der Waals surface area contributed by atoms with E-state index in [0.717, 1.165) is 12.8 Å². The fourth-order valence-corrected chi connectivity index (χ4v) is 4.22. The number of hydrogen-bond acceptors (Lipinski definition) is 4. The van der Waals surface area contributed by atoms with Gasteiger partial charge in [-0.1, -0.05) is 111 Å². The Labute approximate surface area is 214 Å². The summed E-state index contributed by atoms with van der Waals surface area (Å²) >= 11 is 0. The van der Waals surface area contributed by atoms with Crippen LogP contribution in [0.1, 0.15) is 124 Å². The number of rotatable bonds is 21. The fraction of sp³-hybridized carbons (Fsp3) is 0.733. The SMILES string of the molecule is CCCCCCCCCCCCCCCCCC(=O)N[C@H](C(=O)Oc1ccc(OC)cc1)C(C)C. The Morgan fingerprint density at radius 3 is 1.57 bits per heavy atom. The van der Waals surface area contributed by atoms with Crippen LogP contribution in [0.2, 0.25) is 0 Å². The van der Waals surface area contributed by atoms with Crippen LogP contribution in [-0.4, -0.2) is 25.0 Å². The van der Waals surface area contributed by atoms with Crippen LogP contribution in [0.4, 0.5) is 0 Å². The van der Waals surface area contributed by atoms with Crippen molar-refractivity contribution in [3.8, 4) is 11.5 Å². The monoisotopic (exact) mass is 489 g/mol. The van der Waals surface area contributed by atoms with E-state index in [0.29, 0.717) is 17.9 Å². The third-order valence-corrected chi connectivity index (χ3v) is 6.52. The summed E-state index contributed by atoms with van der Waals surface area (Å²) in [6.45, 7) is 6.09. The third kappa shape index (κ3) is 15.5. The average molecular weight is 490 g/mol. The Balaban J connectivity index is 2.08. The molecule has 0 fully saturated rings. The highest BCUT2D eigenvalue weighted by Gasteiger charge is 2.26. The number of carbonyl (C=O) groups is 2. The second kappa shape index (κ2) is 20.2. The molecule has 1 amide bonds. The van der Waals surface area contributed by atoms with Crippen molar-refractivity contribution in [1.82, 2.24) is 5.32 Å². The van der Waals surface area contributed by atoms with E-state index in [2.05, 4.69) is 12.2 Å². The van der Waals surface area contributed by atoms with Gasteiger partial charge in [0.2, 0.25) is 5.91 Å². The van der Waals surface area contributed by atoms with Gasteiger partial charge in [-0.3, -0.25) is 4.79 Å². The molecule has 0 unspecified atom stereocenters. The molecule has 1 N–H and O–H groups in total. The van der Waals surface area contributed by atoms with Gasteiger partial charge in [-0.05, 0) is 36.6 Å². The van der Waals surface area contributed by atoms with Gasteiger partial charge in [-0.15, -0.1) is 0 Å². The highest BCUT2D eigenvalue weighted by Crippen LogP contribution is 2.19. The molecule has 0 aliphatic heterocycles. The van der Waals surface area contributed by atoms with Gasteiger partial charge in [-0.2, -0.15) is 0 Å². The lowest BCUT2D eigenvalue weighted by Gasteiger charge is -2.20. The molecule has 0 radical (unpaired) electrons. The summed E-state index contributed by atoms with van der Waals surface area (Å²) in [5, 5.41) is 2.87. The Morgan fingerprint density at radius 2 is 1.14 bits per heavy atom. The molecule has 1 atom stereocenters. The fourth-order valence-electron chi connectivity index (χ4n) is 4.22. The number of amides is 1. The summed E-state index contributed by atoms with van der Waals surface area (Å²) in [6, 6.07) is 6.20. The molecule has 0 aliphatic rings. The van der Waals surface area contributed by atoms with Crippen LogP contribution in [0.5, 0.6) is 11.5 Å². The predicted molar refractivity (Wildman–Crippen MR) is 145 cm³/mol. The van der Waals surface area contributed by atoms with E-state index >= 15 is 0 Å². The maximum atomic E-state index is 12.6.